The van der Waals surface area contributed by atoms with Gasteiger partial charge in [0.15, 0.2) is 0 Å². The third-order valence-electron chi connectivity index (χ3n) is 3.76. The number of nitrogens with zero attached hydrogens (tertiary/aromatic N) is 2. The van der Waals surface area contributed by atoms with Gasteiger partial charge in [0.1, 0.15) is 5.60 Å². The summed E-state index contributed by atoms with van der Waals surface area (Å²) in [4.78, 5) is 4.51. The molecule has 1 N–H and O–H groups in total. The van der Waals surface area contributed by atoms with E-state index in [1.807, 2.05) is 0 Å². The summed E-state index contributed by atoms with van der Waals surface area (Å²) >= 11 is 0. The van der Waals surface area contributed by atoms with E-state index in [0.717, 1.165) is 25.2 Å². The summed E-state index contributed by atoms with van der Waals surface area (Å²) < 4.78 is 11.0. The molecule has 0 unspecified atom stereocenters. The van der Waals surface area contributed by atoms with Gasteiger partial charge in [0.25, 0.3) is 0 Å². The zero-order valence-corrected chi connectivity index (χ0v) is 12.2. The van der Waals surface area contributed by atoms with Crippen LogP contribution in [0.25, 0.3) is 0 Å². The molecular formula is C14H25N3O2. The number of rotatable bonds is 6. The molecule has 5 heteroatoms. The maximum Gasteiger partial charge on any atom is 0.240 e. The molecule has 0 atom stereocenters. The Morgan fingerprint density at radius 3 is 2.68 bits per heavy atom. The largest absolute Gasteiger partial charge is 0.370 e. The molecule has 0 bridgehead atoms. The zero-order chi connectivity index (χ0) is 13.7. The van der Waals surface area contributed by atoms with Gasteiger partial charge in [-0.15, -0.1) is 0 Å². The molecule has 0 saturated heterocycles. The fourth-order valence-electron chi connectivity index (χ4n) is 2.62. The lowest BCUT2D eigenvalue weighted by Crippen LogP contribution is -2.32. The Hall–Kier alpha value is -0.940. The van der Waals surface area contributed by atoms with Crippen molar-refractivity contribution in [2.24, 2.45) is 5.92 Å². The van der Waals surface area contributed by atoms with Crippen molar-refractivity contribution in [3.8, 4) is 0 Å². The van der Waals surface area contributed by atoms with Crippen LogP contribution in [-0.2, 0) is 16.9 Å². The highest BCUT2D eigenvalue weighted by atomic mass is 16.5. The molecular weight excluding hydrogens is 242 g/mol. The van der Waals surface area contributed by atoms with Crippen molar-refractivity contribution in [2.75, 3.05) is 13.7 Å². The molecule has 1 aromatic heterocycles. The molecule has 1 heterocycles. The molecule has 108 valence electrons. The van der Waals surface area contributed by atoms with Gasteiger partial charge in [-0.1, -0.05) is 38.3 Å². The summed E-state index contributed by atoms with van der Waals surface area (Å²) in [5, 5.41) is 7.44. The predicted molar refractivity (Wildman–Crippen MR) is 72.6 cm³/mol. The topological polar surface area (TPSA) is 60.2 Å². The average molecular weight is 267 g/mol. The van der Waals surface area contributed by atoms with Gasteiger partial charge in [0.05, 0.1) is 6.54 Å². The van der Waals surface area contributed by atoms with E-state index in [1.54, 1.807) is 7.11 Å². The van der Waals surface area contributed by atoms with Crippen LogP contribution in [0.4, 0.5) is 0 Å². The molecule has 2 rings (SSSR count). The third-order valence-corrected chi connectivity index (χ3v) is 3.76. The van der Waals surface area contributed by atoms with Gasteiger partial charge in [-0.25, -0.2) is 0 Å². The summed E-state index contributed by atoms with van der Waals surface area (Å²) in [6.07, 6.45) is 5.59. The normalized spacial score (nSPS) is 18.9. The van der Waals surface area contributed by atoms with E-state index in [4.69, 9.17) is 9.26 Å². The van der Waals surface area contributed by atoms with Crippen LogP contribution in [0.2, 0.25) is 0 Å². The van der Waals surface area contributed by atoms with Crippen LogP contribution in [0.1, 0.15) is 57.7 Å². The molecule has 0 radical (unpaired) electrons. The number of hydrogen-bond acceptors (Lipinski definition) is 5. The minimum Gasteiger partial charge on any atom is -0.370 e. The Morgan fingerprint density at radius 2 is 2.05 bits per heavy atom. The van der Waals surface area contributed by atoms with Crippen LogP contribution < -0.4 is 5.32 Å². The van der Waals surface area contributed by atoms with Crippen molar-refractivity contribution < 1.29 is 9.26 Å². The van der Waals surface area contributed by atoms with Crippen LogP contribution in [0, 0.1) is 5.92 Å². The van der Waals surface area contributed by atoms with Gasteiger partial charge in [0.2, 0.25) is 11.7 Å². The highest BCUT2D eigenvalue weighted by molar-refractivity contribution is 5.03. The van der Waals surface area contributed by atoms with E-state index in [1.165, 1.54) is 19.3 Å². The van der Waals surface area contributed by atoms with Crippen LogP contribution in [0.5, 0.6) is 0 Å². The van der Waals surface area contributed by atoms with Gasteiger partial charge >= 0.3 is 0 Å². The maximum atomic E-state index is 5.72. The molecule has 1 aliphatic rings. The summed E-state index contributed by atoms with van der Waals surface area (Å²) in [5.41, 5.74) is -0.321. The first-order valence-electron chi connectivity index (χ1n) is 7.25. The smallest absolute Gasteiger partial charge is 0.240 e. The van der Waals surface area contributed by atoms with Crippen molar-refractivity contribution in [1.82, 2.24) is 15.5 Å². The minimum atomic E-state index is -0.321. The second-order valence-corrected chi connectivity index (χ2v) is 5.80. The van der Waals surface area contributed by atoms with Gasteiger partial charge in [-0.05, 0) is 25.3 Å². The lowest BCUT2D eigenvalue weighted by Gasteiger charge is -2.32. The first kappa shape index (κ1) is 14.5. The predicted octanol–water partition coefficient (Wildman–Crippen LogP) is 2.62. The second kappa shape index (κ2) is 6.48. The Balaban J connectivity index is 1.98. The first-order valence-corrected chi connectivity index (χ1v) is 7.25. The van der Waals surface area contributed by atoms with Crippen molar-refractivity contribution in [3.63, 3.8) is 0 Å². The number of ether oxygens (including phenoxy) is 1. The number of methoxy groups -OCH3 is 1. The van der Waals surface area contributed by atoms with E-state index in [9.17, 15) is 0 Å². The lowest BCUT2D eigenvalue weighted by atomic mass is 9.84. The molecule has 5 nitrogen and oxygen atoms in total. The summed E-state index contributed by atoms with van der Waals surface area (Å²) in [6, 6.07) is 0. The fraction of sp³-hybridized carbons (Fsp3) is 0.857. The Kier molecular flexibility index (Phi) is 4.93. The highest BCUT2D eigenvalue weighted by Crippen LogP contribution is 2.38. The zero-order valence-electron chi connectivity index (χ0n) is 12.2. The summed E-state index contributed by atoms with van der Waals surface area (Å²) in [6.45, 7) is 5.93. The lowest BCUT2D eigenvalue weighted by molar-refractivity contribution is -0.0527. The monoisotopic (exact) mass is 267 g/mol. The van der Waals surface area contributed by atoms with E-state index >= 15 is 0 Å². The average Bonchev–Trinajstić information content (AvgIpc) is 2.88. The second-order valence-electron chi connectivity index (χ2n) is 5.80. The van der Waals surface area contributed by atoms with E-state index in [0.29, 0.717) is 18.4 Å². The molecule has 0 spiro atoms. The van der Waals surface area contributed by atoms with E-state index < -0.39 is 0 Å². The van der Waals surface area contributed by atoms with Gasteiger partial charge in [0, 0.05) is 7.11 Å². The molecule has 1 fully saturated rings. The Bertz CT molecular complexity index is 384. The minimum absolute atomic E-state index is 0.321. The summed E-state index contributed by atoms with van der Waals surface area (Å²) in [7, 11) is 1.75. The Labute approximate surface area is 115 Å². The summed E-state index contributed by atoms with van der Waals surface area (Å²) in [5.74, 6) is 1.99. The quantitative estimate of drug-likeness (QED) is 0.858. The SMILES string of the molecule is COC1(c2noc(CNCC(C)C)n2)CCCCC1. The molecule has 0 amide bonds. The first-order chi connectivity index (χ1) is 9.16. The van der Waals surface area contributed by atoms with Crippen LogP contribution in [0.3, 0.4) is 0 Å². The Morgan fingerprint density at radius 1 is 1.32 bits per heavy atom. The number of hydrogen-bond donors (Lipinski definition) is 1. The van der Waals surface area contributed by atoms with E-state index in [2.05, 4.69) is 29.3 Å². The fourth-order valence-corrected chi connectivity index (χ4v) is 2.62. The molecule has 1 aromatic rings. The standard InChI is InChI=1S/C14H25N3O2/c1-11(2)9-15-10-12-16-13(17-19-12)14(18-3)7-5-4-6-8-14/h11,15H,4-10H2,1-3H3. The van der Waals surface area contributed by atoms with Crippen molar-refractivity contribution in [1.29, 1.82) is 0 Å². The van der Waals surface area contributed by atoms with Crippen LogP contribution in [0.15, 0.2) is 4.52 Å². The van der Waals surface area contributed by atoms with Gasteiger partial charge < -0.3 is 14.6 Å². The van der Waals surface area contributed by atoms with Crippen molar-refractivity contribution in [2.45, 2.75) is 58.1 Å². The molecule has 0 aromatic carbocycles. The van der Waals surface area contributed by atoms with Crippen molar-refractivity contribution >= 4 is 0 Å². The number of nitrogens with one attached hydrogen (secondary N) is 1. The molecule has 0 aliphatic heterocycles. The van der Waals surface area contributed by atoms with Gasteiger partial charge in [-0.3, -0.25) is 0 Å². The highest BCUT2D eigenvalue weighted by Gasteiger charge is 2.38. The van der Waals surface area contributed by atoms with Crippen molar-refractivity contribution in [3.05, 3.63) is 11.7 Å². The molecule has 1 saturated carbocycles. The maximum absolute atomic E-state index is 5.72. The molecule has 1 aliphatic carbocycles. The third kappa shape index (κ3) is 3.54. The van der Waals surface area contributed by atoms with Crippen LogP contribution >= 0.6 is 0 Å². The number of aromatic nitrogens is 2. The van der Waals surface area contributed by atoms with Gasteiger partial charge in [-0.2, -0.15) is 4.98 Å². The van der Waals surface area contributed by atoms with E-state index in [-0.39, 0.29) is 5.60 Å². The molecule has 19 heavy (non-hydrogen) atoms. The van der Waals surface area contributed by atoms with Crippen LogP contribution in [-0.4, -0.2) is 23.8 Å².